The topological polar surface area (TPSA) is 146 Å². The summed E-state index contributed by atoms with van der Waals surface area (Å²) in [7, 11) is -4.36. The van der Waals surface area contributed by atoms with Crippen LogP contribution in [-0.4, -0.2) is 42.7 Å². The highest BCUT2D eigenvalue weighted by Gasteiger charge is 2.44. The Labute approximate surface area is 170 Å². The van der Waals surface area contributed by atoms with Crippen LogP contribution in [0, 0.1) is 11.8 Å². The third kappa shape index (κ3) is 3.94. The molecule has 1 fully saturated rings. The first-order valence-corrected chi connectivity index (χ1v) is 10.7. The number of nitrogens with two attached hydrogens (primary N) is 1. The standard InChI is InChI=1S/C17H19ClN5O5P/c18-12-3-1-2-4-14(12)28-29(25,26)27-7-10-5-13(11(10)6-24)23-9-22-15-16(19)20-8-21-17(15)23/h1-4,8-11,13,24H,5-7H2,(H,25,26)(H2,19,20,21). The maximum atomic E-state index is 12.2. The van der Waals surface area contributed by atoms with E-state index in [2.05, 4.69) is 15.0 Å². The van der Waals surface area contributed by atoms with Gasteiger partial charge in [-0.25, -0.2) is 19.5 Å². The van der Waals surface area contributed by atoms with E-state index in [1.165, 1.54) is 12.4 Å². The third-order valence-corrected chi connectivity index (χ3v) is 6.32. The van der Waals surface area contributed by atoms with Crippen molar-refractivity contribution in [2.45, 2.75) is 12.5 Å². The molecule has 4 N–H and O–H groups in total. The molecule has 2 aromatic heterocycles. The average molecular weight is 440 g/mol. The van der Waals surface area contributed by atoms with Gasteiger partial charge in [-0.3, -0.25) is 9.42 Å². The number of halogens is 1. The summed E-state index contributed by atoms with van der Waals surface area (Å²) in [5.41, 5.74) is 6.89. The van der Waals surface area contributed by atoms with Gasteiger partial charge in [0.15, 0.2) is 11.5 Å². The SMILES string of the molecule is Nc1ncnc2c1ncn2C1CC(COP(=O)(O)Oc2ccccc2Cl)C1CO. The van der Waals surface area contributed by atoms with Crippen molar-refractivity contribution < 1.29 is 23.6 Å². The molecule has 4 atom stereocenters. The second-order valence-corrected chi connectivity index (χ2v) is 8.56. The molecule has 29 heavy (non-hydrogen) atoms. The fourth-order valence-corrected chi connectivity index (χ4v) is 4.60. The highest BCUT2D eigenvalue weighted by atomic mass is 35.5. The molecule has 0 radical (unpaired) electrons. The van der Waals surface area contributed by atoms with Gasteiger partial charge in [0.2, 0.25) is 0 Å². The molecule has 1 aromatic carbocycles. The van der Waals surface area contributed by atoms with Crippen LogP contribution in [-0.2, 0) is 9.09 Å². The van der Waals surface area contributed by atoms with Crippen LogP contribution < -0.4 is 10.3 Å². The van der Waals surface area contributed by atoms with E-state index < -0.39 is 7.82 Å². The molecule has 154 valence electrons. The molecule has 4 rings (SSSR count). The Morgan fingerprint density at radius 1 is 1.31 bits per heavy atom. The third-order valence-electron chi connectivity index (χ3n) is 5.10. The van der Waals surface area contributed by atoms with Crippen LogP contribution >= 0.6 is 19.4 Å². The molecule has 4 unspecified atom stereocenters. The van der Waals surface area contributed by atoms with Crippen LogP contribution in [0.25, 0.3) is 11.2 Å². The van der Waals surface area contributed by atoms with Gasteiger partial charge in [0.25, 0.3) is 0 Å². The largest absolute Gasteiger partial charge is 0.527 e. The van der Waals surface area contributed by atoms with E-state index in [0.29, 0.717) is 17.6 Å². The lowest BCUT2D eigenvalue weighted by atomic mass is 9.70. The summed E-state index contributed by atoms with van der Waals surface area (Å²) in [6.45, 7) is -0.177. The summed E-state index contributed by atoms with van der Waals surface area (Å²) in [6.07, 6.45) is 3.57. The van der Waals surface area contributed by atoms with Crippen molar-refractivity contribution in [2.24, 2.45) is 11.8 Å². The minimum Gasteiger partial charge on any atom is -0.403 e. The van der Waals surface area contributed by atoms with Crippen molar-refractivity contribution in [1.29, 1.82) is 0 Å². The molecule has 1 saturated carbocycles. The number of anilines is 1. The van der Waals surface area contributed by atoms with E-state index >= 15 is 0 Å². The number of hydrogen-bond donors (Lipinski definition) is 3. The van der Waals surface area contributed by atoms with Crippen molar-refractivity contribution >= 4 is 36.4 Å². The Bertz CT molecular complexity index is 1080. The molecule has 0 bridgehead atoms. The number of aromatic nitrogens is 4. The number of benzene rings is 1. The van der Waals surface area contributed by atoms with Crippen LogP contribution in [0.3, 0.4) is 0 Å². The van der Waals surface area contributed by atoms with Gasteiger partial charge in [-0.15, -0.1) is 0 Å². The molecular weight excluding hydrogens is 421 g/mol. The summed E-state index contributed by atoms with van der Waals surface area (Å²) in [6, 6.07) is 6.24. The summed E-state index contributed by atoms with van der Waals surface area (Å²) in [5.74, 6) is -0.000319. The average Bonchev–Trinajstić information content (AvgIpc) is 3.08. The van der Waals surface area contributed by atoms with E-state index in [1.54, 1.807) is 24.5 Å². The Kier molecular flexibility index (Phi) is 5.46. The van der Waals surface area contributed by atoms with Crippen molar-refractivity contribution in [2.75, 3.05) is 18.9 Å². The summed E-state index contributed by atoms with van der Waals surface area (Å²) < 4.78 is 24.3. The first-order valence-electron chi connectivity index (χ1n) is 8.85. The molecule has 3 aromatic rings. The number of phosphoric ester groups is 1. The Morgan fingerprint density at radius 3 is 2.86 bits per heavy atom. The van der Waals surface area contributed by atoms with Gasteiger partial charge in [0, 0.05) is 18.6 Å². The van der Waals surface area contributed by atoms with E-state index in [4.69, 9.17) is 26.4 Å². The van der Waals surface area contributed by atoms with Gasteiger partial charge in [-0.05, 0) is 24.5 Å². The lowest BCUT2D eigenvalue weighted by Crippen LogP contribution is -2.42. The molecule has 0 aliphatic heterocycles. The van der Waals surface area contributed by atoms with Crippen LogP contribution in [0.15, 0.2) is 36.9 Å². The maximum absolute atomic E-state index is 12.2. The van der Waals surface area contributed by atoms with Crippen molar-refractivity contribution in [3.05, 3.63) is 41.9 Å². The zero-order valence-electron chi connectivity index (χ0n) is 15.1. The molecule has 1 aliphatic carbocycles. The zero-order valence-corrected chi connectivity index (χ0v) is 16.8. The van der Waals surface area contributed by atoms with Gasteiger partial charge in [0.1, 0.15) is 17.6 Å². The van der Waals surface area contributed by atoms with Crippen molar-refractivity contribution in [1.82, 2.24) is 19.5 Å². The Hall–Kier alpha value is -2.23. The van der Waals surface area contributed by atoms with Gasteiger partial charge in [-0.1, -0.05) is 23.7 Å². The van der Waals surface area contributed by atoms with E-state index in [1.807, 2.05) is 4.57 Å². The molecule has 0 spiro atoms. The molecule has 12 heteroatoms. The molecule has 10 nitrogen and oxygen atoms in total. The van der Waals surface area contributed by atoms with Crippen molar-refractivity contribution in [3.8, 4) is 5.75 Å². The van der Waals surface area contributed by atoms with Crippen LogP contribution in [0.2, 0.25) is 5.02 Å². The first kappa shape index (κ1) is 20.1. The van der Waals surface area contributed by atoms with Gasteiger partial charge >= 0.3 is 7.82 Å². The van der Waals surface area contributed by atoms with E-state index in [9.17, 15) is 14.6 Å². The lowest BCUT2D eigenvalue weighted by Gasteiger charge is -2.44. The number of imidazole rings is 1. The minimum absolute atomic E-state index is 0.0519. The van der Waals surface area contributed by atoms with Crippen LogP contribution in [0.5, 0.6) is 5.75 Å². The highest BCUT2D eigenvalue weighted by molar-refractivity contribution is 7.47. The lowest BCUT2D eigenvalue weighted by molar-refractivity contribution is -0.00488. The number of para-hydroxylation sites is 1. The number of nitrogens with zero attached hydrogens (tertiary/aromatic N) is 4. The number of rotatable bonds is 7. The molecule has 0 saturated heterocycles. The fraction of sp³-hybridized carbons (Fsp3) is 0.353. The summed E-state index contributed by atoms with van der Waals surface area (Å²) in [4.78, 5) is 22.4. The van der Waals surface area contributed by atoms with Crippen molar-refractivity contribution in [3.63, 3.8) is 0 Å². The molecule has 1 aliphatic rings. The van der Waals surface area contributed by atoms with Crippen LogP contribution in [0.1, 0.15) is 12.5 Å². The number of nitrogen functional groups attached to an aromatic ring is 1. The molecule has 2 heterocycles. The second kappa shape index (κ2) is 7.89. The predicted molar refractivity (Wildman–Crippen MR) is 105 cm³/mol. The van der Waals surface area contributed by atoms with Crippen LogP contribution in [0.4, 0.5) is 5.82 Å². The zero-order chi connectivity index (χ0) is 20.6. The number of phosphoric acid groups is 1. The Morgan fingerprint density at radius 2 is 2.10 bits per heavy atom. The predicted octanol–water partition coefficient (Wildman–Crippen LogP) is 2.43. The first-order chi connectivity index (χ1) is 13.9. The summed E-state index contributed by atoms with van der Waals surface area (Å²) >= 11 is 5.94. The van der Waals surface area contributed by atoms with E-state index in [0.717, 1.165) is 0 Å². The second-order valence-electron chi connectivity index (χ2n) is 6.78. The quantitative estimate of drug-likeness (QED) is 0.472. The van der Waals surface area contributed by atoms with E-state index in [-0.39, 0.29) is 47.7 Å². The highest BCUT2D eigenvalue weighted by Crippen LogP contribution is 2.50. The number of aliphatic hydroxyl groups is 1. The molecule has 0 amide bonds. The maximum Gasteiger partial charge on any atom is 0.527 e. The fourth-order valence-electron chi connectivity index (χ4n) is 3.53. The van der Waals surface area contributed by atoms with Gasteiger partial charge in [0.05, 0.1) is 18.0 Å². The monoisotopic (exact) mass is 439 g/mol. The minimum atomic E-state index is -4.36. The number of aliphatic hydroxyl groups excluding tert-OH is 1. The normalized spacial score (nSPS) is 23.5. The number of fused-ring (bicyclic) bond motifs is 1. The van der Waals surface area contributed by atoms with Gasteiger partial charge in [-0.2, -0.15) is 0 Å². The Balaban J connectivity index is 1.41. The summed E-state index contributed by atoms with van der Waals surface area (Å²) in [5, 5.41) is 10.0. The number of hydrogen-bond acceptors (Lipinski definition) is 8. The van der Waals surface area contributed by atoms with Gasteiger partial charge < -0.3 is 19.9 Å². The smallest absolute Gasteiger partial charge is 0.403 e. The molecular formula is C17H19ClN5O5P.